The van der Waals surface area contributed by atoms with E-state index in [-0.39, 0.29) is 18.3 Å². The molecule has 0 aliphatic heterocycles. The molecule has 1 aliphatic carbocycles. The molecule has 43 heavy (non-hydrogen) atoms. The molecule has 4 aromatic rings. The smallest absolute Gasteiger partial charge is 0.188 e. The lowest BCUT2D eigenvalue weighted by Crippen LogP contribution is -2.06. The van der Waals surface area contributed by atoms with E-state index in [1.54, 1.807) is 18.2 Å². The summed E-state index contributed by atoms with van der Waals surface area (Å²) in [7, 11) is 0. The molecule has 5 rings (SSSR count). The van der Waals surface area contributed by atoms with Crippen LogP contribution >= 0.6 is 23.2 Å². The van der Waals surface area contributed by atoms with Crippen LogP contribution in [0, 0.1) is 24.8 Å². The van der Waals surface area contributed by atoms with Crippen molar-refractivity contribution >= 4 is 35.2 Å². The van der Waals surface area contributed by atoms with E-state index in [2.05, 4.69) is 36.0 Å². The minimum Gasteiger partial charge on any atom is -0.493 e. The highest BCUT2D eigenvalue weighted by Gasteiger charge is 2.28. The summed E-state index contributed by atoms with van der Waals surface area (Å²) in [5.74, 6) is 2.12. The van der Waals surface area contributed by atoms with E-state index < -0.39 is 0 Å². The Balaban J connectivity index is 1.39. The standard InChI is InChI=1S/C35H28Cl2N2O4/c1-22-27(6-4-9-32(22)41-13-5-12-36)28-7-3-8-30-29(28)10-11-33(30)43-35-18-34(25(20-40)17-31(35)37)42-21-24-14-23(19-38)15-26(16-24)39-2/h3-4,6-9,14-18,20,33H,5,10-13,21H2,1H3/t33-/m0/s1. The number of rotatable bonds is 11. The van der Waals surface area contributed by atoms with Crippen LogP contribution in [-0.4, -0.2) is 18.8 Å². The lowest BCUT2D eigenvalue weighted by atomic mass is 9.93. The molecular weight excluding hydrogens is 583 g/mol. The van der Waals surface area contributed by atoms with Crippen molar-refractivity contribution in [3.8, 4) is 34.4 Å². The third kappa shape index (κ3) is 6.62. The molecule has 0 amide bonds. The molecule has 0 saturated heterocycles. The van der Waals surface area contributed by atoms with Crippen molar-refractivity contribution in [1.29, 1.82) is 5.26 Å². The van der Waals surface area contributed by atoms with E-state index in [9.17, 15) is 10.1 Å². The number of carbonyl (C=O) groups excluding carboxylic acids is 1. The normalized spacial score (nSPS) is 13.5. The van der Waals surface area contributed by atoms with Gasteiger partial charge in [-0.05, 0) is 89.9 Å². The van der Waals surface area contributed by atoms with Gasteiger partial charge < -0.3 is 14.2 Å². The minimum absolute atomic E-state index is 0.0591. The number of ether oxygens (including phenoxy) is 3. The van der Waals surface area contributed by atoms with E-state index in [4.69, 9.17) is 44.0 Å². The SMILES string of the molecule is [C-]#[N+]c1cc(C#N)cc(COc2cc(O[C@H]3CCc4c(-c5cccc(OCCCCl)c5C)cccc43)c(Cl)cc2C=O)c1. The Morgan fingerprint density at radius 1 is 1.05 bits per heavy atom. The first kappa shape index (κ1) is 30.0. The highest BCUT2D eigenvalue weighted by Crippen LogP contribution is 2.44. The molecule has 0 unspecified atom stereocenters. The van der Waals surface area contributed by atoms with Gasteiger partial charge in [-0.1, -0.05) is 41.9 Å². The monoisotopic (exact) mass is 610 g/mol. The number of halogens is 2. The molecule has 0 radical (unpaired) electrons. The summed E-state index contributed by atoms with van der Waals surface area (Å²) in [6.45, 7) is 9.98. The minimum atomic E-state index is -0.237. The number of benzene rings is 4. The number of carbonyl (C=O) groups is 1. The summed E-state index contributed by atoms with van der Waals surface area (Å²) >= 11 is 12.4. The number of aldehydes is 1. The summed E-state index contributed by atoms with van der Waals surface area (Å²) in [5.41, 5.74) is 7.27. The van der Waals surface area contributed by atoms with Crippen LogP contribution in [0.4, 0.5) is 5.69 Å². The quantitative estimate of drug-likeness (QED) is 0.0732. The van der Waals surface area contributed by atoms with Crippen LogP contribution in [0.2, 0.25) is 5.02 Å². The number of alkyl halides is 1. The van der Waals surface area contributed by atoms with Gasteiger partial charge in [0.05, 0.1) is 29.8 Å². The van der Waals surface area contributed by atoms with Gasteiger partial charge in [0.25, 0.3) is 0 Å². The lowest BCUT2D eigenvalue weighted by molar-refractivity contribution is 0.111. The van der Waals surface area contributed by atoms with Crippen LogP contribution in [0.3, 0.4) is 0 Å². The molecule has 0 spiro atoms. The van der Waals surface area contributed by atoms with E-state index in [0.29, 0.717) is 52.1 Å². The molecule has 0 heterocycles. The highest BCUT2D eigenvalue weighted by atomic mass is 35.5. The van der Waals surface area contributed by atoms with E-state index in [1.165, 1.54) is 17.7 Å². The van der Waals surface area contributed by atoms with Gasteiger partial charge in [-0.2, -0.15) is 5.26 Å². The van der Waals surface area contributed by atoms with Gasteiger partial charge in [-0.15, -0.1) is 11.6 Å². The molecular formula is C35H28Cl2N2O4. The summed E-state index contributed by atoms with van der Waals surface area (Å²) in [6, 6.07) is 22.4. The summed E-state index contributed by atoms with van der Waals surface area (Å²) in [5, 5.41) is 9.59. The zero-order chi connectivity index (χ0) is 30.3. The van der Waals surface area contributed by atoms with Crippen molar-refractivity contribution < 1.29 is 19.0 Å². The maximum absolute atomic E-state index is 11.8. The molecule has 1 atom stereocenters. The van der Waals surface area contributed by atoms with Crippen LogP contribution in [0.5, 0.6) is 17.2 Å². The molecule has 1 aliphatic rings. The second kappa shape index (κ2) is 13.7. The number of nitriles is 1. The van der Waals surface area contributed by atoms with E-state index in [0.717, 1.165) is 47.3 Å². The summed E-state index contributed by atoms with van der Waals surface area (Å²) < 4.78 is 18.4. The second-order valence-electron chi connectivity index (χ2n) is 10.2. The maximum Gasteiger partial charge on any atom is 0.188 e. The summed E-state index contributed by atoms with van der Waals surface area (Å²) in [6.07, 6.45) is 2.82. The van der Waals surface area contributed by atoms with Gasteiger partial charge >= 0.3 is 0 Å². The average Bonchev–Trinajstić information content (AvgIpc) is 3.44. The zero-order valence-electron chi connectivity index (χ0n) is 23.5. The summed E-state index contributed by atoms with van der Waals surface area (Å²) in [4.78, 5) is 15.2. The lowest BCUT2D eigenvalue weighted by Gasteiger charge is -2.19. The molecule has 0 aromatic heterocycles. The van der Waals surface area contributed by atoms with Gasteiger partial charge in [0, 0.05) is 17.5 Å². The predicted octanol–water partition coefficient (Wildman–Crippen LogP) is 9.20. The predicted molar refractivity (Wildman–Crippen MR) is 168 cm³/mol. The van der Waals surface area contributed by atoms with Crippen LogP contribution in [-0.2, 0) is 13.0 Å². The maximum atomic E-state index is 11.8. The number of fused-ring (bicyclic) bond motifs is 1. The Labute approximate surface area is 261 Å². The molecule has 0 saturated carbocycles. The van der Waals surface area contributed by atoms with Gasteiger partial charge in [-0.3, -0.25) is 4.79 Å². The topological polar surface area (TPSA) is 72.9 Å². The molecule has 8 heteroatoms. The Morgan fingerprint density at radius 2 is 1.86 bits per heavy atom. The van der Waals surface area contributed by atoms with Crippen LogP contribution in [0.25, 0.3) is 16.0 Å². The highest BCUT2D eigenvalue weighted by molar-refractivity contribution is 6.32. The third-order valence-electron chi connectivity index (χ3n) is 7.42. The molecule has 0 bridgehead atoms. The number of hydrogen-bond acceptors (Lipinski definition) is 5. The van der Waals surface area contributed by atoms with Crippen molar-refractivity contribution in [1.82, 2.24) is 0 Å². The first-order chi connectivity index (χ1) is 20.9. The first-order valence-electron chi connectivity index (χ1n) is 13.9. The Morgan fingerprint density at radius 3 is 2.63 bits per heavy atom. The fourth-order valence-corrected chi connectivity index (χ4v) is 5.67. The molecule has 0 fully saturated rings. The molecule has 4 aromatic carbocycles. The van der Waals surface area contributed by atoms with Crippen molar-refractivity contribution in [3.63, 3.8) is 0 Å². The second-order valence-corrected chi connectivity index (χ2v) is 11.0. The Bertz CT molecular complexity index is 1720. The number of hydrogen-bond donors (Lipinski definition) is 0. The average molecular weight is 612 g/mol. The van der Waals surface area contributed by atoms with Gasteiger partial charge in [0.1, 0.15) is 30.0 Å². The number of nitrogens with zero attached hydrogens (tertiary/aromatic N) is 2. The van der Waals surface area contributed by atoms with E-state index >= 15 is 0 Å². The first-order valence-corrected chi connectivity index (χ1v) is 14.8. The van der Waals surface area contributed by atoms with Crippen molar-refractivity contribution in [3.05, 3.63) is 117 Å². The van der Waals surface area contributed by atoms with Gasteiger partial charge in [0.2, 0.25) is 0 Å². The van der Waals surface area contributed by atoms with Crippen molar-refractivity contribution in [2.24, 2.45) is 0 Å². The van der Waals surface area contributed by atoms with Crippen LogP contribution in [0.1, 0.15) is 57.1 Å². The van der Waals surface area contributed by atoms with E-state index in [1.807, 2.05) is 18.2 Å². The fraction of sp³-hybridized carbons (Fsp3) is 0.229. The molecule has 0 N–H and O–H groups in total. The Hall–Kier alpha value is -4.49. The van der Waals surface area contributed by atoms with Gasteiger partial charge in [0.15, 0.2) is 12.0 Å². The van der Waals surface area contributed by atoms with Crippen molar-refractivity contribution in [2.75, 3.05) is 12.5 Å². The third-order valence-corrected chi connectivity index (χ3v) is 7.98. The largest absolute Gasteiger partial charge is 0.493 e. The molecule has 6 nitrogen and oxygen atoms in total. The van der Waals surface area contributed by atoms with Gasteiger partial charge in [-0.25, -0.2) is 4.85 Å². The zero-order valence-corrected chi connectivity index (χ0v) is 25.0. The Kier molecular flexibility index (Phi) is 9.52. The van der Waals surface area contributed by atoms with Crippen LogP contribution < -0.4 is 14.2 Å². The fourth-order valence-electron chi connectivity index (χ4n) is 5.35. The van der Waals surface area contributed by atoms with Crippen LogP contribution in [0.15, 0.2) is 66.7 Å². The molecule has 216 valence electrons. The van der Waals surface area contributed by atoms with Crippen molar-refractivity contribution in [2.45, 2.75) is 38.9 Å².